The largest absolute Gasteiger partial charge is 0.480 e. The van der Waals surface area contributed by atoms with E-state index < -0.39 is 0 Å². The van der Waals surface area contributed by atoms with Crippen LogP contribution in [0.1, 0.15) is 0 Å². The first kappa shape index (κ1) is 16.4. The molecule has 0 saturated heterocycles. The molecule has 1 aromatic carbocycles. The standard InChI is InChI=1S/C6H6BrNOS.C6H5Cl2N/c1-9-6-5(10)2-4(7)3-8-6;7-4-1-2-6(9)5(8)3-4/h2-3,10H,1H3;1-3H,9H2. The summed E-state index contributed by atoms with van der Waals surface area (Å²) in [6.45, 7) is 0. The smallest absolute Gasteiger partial charge is 0.226 e. The SMILES string of the molecule is COc1ncc(Br)cc1S.Nc1ccc(Cl)cc1Cl. The number of rotatable bonds is 1. The maximum Gasteiger partial charge on any atom is 0.226 e. The van der Waals surface area contributed by atoms with Crippen molar-refractivity contribution >= 4 is 57.4 Å². The quantitative estimate of drug-likeness (QED) is 0.555. The van der Waals surface area contributed by atoms with Gasteiger partial charge in [0.2, 0.25) is 5.88 Å². The molecular weight excluding hydrogens is 371 g/mol. The van der Waals surface area contributed by atoms with Gasteiger partial charge in [-0.15, -0.1) is 12.6 Å². The molecule has 7 heteroatoms. The zero-order valence-corrected chi connectivity index (χ0v) is 13.9. The van der Waals surface area contributed by atoms with Crippen LogP contribution in [0.15, 0.2) is 39.8 Å². The van der Waals surface area contributed by atoms with Crippen LogP contribution < -0.4 is 10.5 Å². The first-order chi connectivity index (χ1) is 8.93. The highest BCUT2D eigenvalue weighted by molar-refractivity contribution is 9.10. The Kier molecular flexibility index (Phi) is 6.79. The van der Waals surface area contributed by atoms with Gasteiger partial charge in [0.25, 0.3) is 0 Å². The average molecular weight is 382 g/mol. The third-order valence-corrected chi connectivity index (χ3v) is 3.27. The molecule has 0 unspecified atom stereocenters. The Morgan fingerprint density at radius 1 is 1.32 bits per heavy atom. The molecule has 0 aliphatic heterocycles. The van der Waals surface area contributed by atoms with Crippen LogP contribution in [0.3, 0.4) is 0 Å². The summed E-state index contributed by atoms with van der Waals surface area (Å²) in [5.74, 6) is 0.548. The molecule has 19 heavy (non-hydrogen) atoms. The fourth-order valence-electron chi connectivity index (χ4n) is 1.07. The number of hydrogen-bond donors (Lipinski definition) is 2. The van der Waals surface area contributed by atoms with Gasteiger partial charge in [0.15, 0.2) is 0 Å². The Hall–Kier alpha value is -0.620. The number of thiol groups is 1. The summed E-state index contributed by atoms with van der Waals surface area (Å²) in [4.78, 5) is 4.68. The van der Waals surface area contributed by atoms with Gasteiger partial charge < -0.3 is 10.5 Å². The van der Waals surface area contributed by atoms with Crippen LogP contribution in [0, 0.1) is 0 Å². The molecule has 1 aromatic heterocycles. The number of anilines is 1. The van der Waals surface area contributed by atoms with Crippen LogP contribution in [-0.2, 0) is 0 Å². The number of nitrogen functional groups attached to an aromatic ring is 1. The lowest BCUT2D eigenvalue weighted by molar-refractivity contribution is 0.387. The number of hydrogen-bond acceptors (Lipinski definition) is 4. The van der Waals surface area contributed by atoms with E-state index >= 15 is 0 Å². The summed E-state index contributed by atoms with van der Waals surface area (Å²) in [7, 11) is 1.57. The Labute approximate surface area is 135 Å². The highest BCUT2D eigenvalue weighted by Crippen LogP contribution is 2.22. The van der Waals surface area contributed by atoms with Gasteiger partial charge >= 0.3 is 0 Å². The second-order valence-corrected chi connectivity index (χ2v) is 5.59. The molecule has 0 spiro atoms. The third-order valence-electron chi connectivity index (χ3n) is 1.95. The van der Waals surface area contributed by atoms with E-state index in [2.05, 4.69) is 33.5 Å². The van der Waals surface area contributed by atoms with Gasteiger partial charge in [0.05, 0.1) is 22.7 Å². The minimum atomic E-state index is 0.502. The van der Waals surface area contributed by atoms with E-state index in [0.717, 1.165) is 9.37 Å². The summed E-state index contributed by atoms with van der Waals surface area (Å²) >= 11 is 18.6. The van der Waals surface area contributed by atoms with E-state index in [-0.39, 0.29) is 0 Å². The molecule has 0 atom stereocenters. The number of aromatic nitrogens is 1. The maximum atomic E-state index is 5.60. The summed E-state index contributed by atoms with van der Waals surface area (Å²) in [6.07, 6.45) is 1.67. The lowest BCUT2D eigenvalue weighted by atomic mass is 10.3. The maximum absolute atomic E-state index is 5.60. The normalized spacial score (nSPS) is 9.53. The predicted molar refractivity (Wildman–Crippen MR) is 86.6 cm³/mol. The number of methoxy groups -OCH3 is 1. The van der Waals surface area contributed by atoms with Crippen molar-refractivity contribution in [3.63, 3.8) is 0 Å². The van der Waals surface area contributed by atoms with Crippen LogP contribution in [0.25, 0.3) is 0 Å². The van der Waals surface area contributed by atoms with E-state index in [1.807, 2.05) is 6.07 Å². The molecule has 2 aromatic rings. The van der Waals surface area contributed by atoms with E-state index in [4.69, 9.17) is 33.7 Å². The van der Waals surface area contributed by atoms with Gasteiger partial charge in [-0.25, -0.2) is 4.98 Å². The van der Waals surface area contributed by atoms with Crippen molar-refractivity contribution in [2.24, 2.45) is 0 Å². The molecule has 0 radical (unpaired) electrons. The average Bonchev–Trinajstić information content (AvgIpc) is 2.35. The topological polar surface area (TPSA) is 48.1 Å². The molecule has 3 nitrogen and oxygen atoms in total. The van der Waals surface area contributed by atoms with E-state index in [1.54, 1.807) is 31.5 Å². The van der Waals surface area contributed by atoms with Crippen molar-refractivity contribution in [1.82, 2.24) is 4.98 Å². The van der Waals surface area contributed by atoms with Crippen molar-refractivity contribution in [2.75, 3.05) is 12.8 Å². The first-order valence-corrected chi connectivity index (χ1v) is 7.02. The lowest BCUT2D eigenvalue weighted by Gasteiger charge is -2.00. The number of pyridine rings is 1. The van der Waals surface area contributed by atoms with Gasteiger partial charge in [-0.2, -0.15) is 0 Å². The summed E-state index contributed by atoms with van der Waals surface area (Å²) in [6, 6.07) is 6.81. The summed E-state index contributed by atoms with van der Waals surface area (Å²) in [5, 5.41) is 1.11. The number of benzene rings is 1. The van der Waals surface area contributed by atoms with Crippen LogP contribution in [0.5, 0.6) is 5.88 Å². The Morgan fingerprint density at radius 2 is 2.00 bits per heavy atom. The van der Waals surface area contributed by atoms with Gasteiger partial charge in [0.1, 0.15) is 0 Å². The van der Waals surface area contributed by atoms with Crippen molar-refractivity contribution in [3.8, 4) is 5.88 Å². The molecule has 0 amide bonds. The Morgan fingerprint density at radius 3 is 2.47 bits per heavy atom. The highest BCUT2D eigenvalue weighted by atomic mass is 79.9. The monoisotopic (exact) mass is 380 g/mol. The minimum Gasteiger partial charge on any atom is -0.480 e. The number of nitrogens with two attached hydrogens (primary N) is 1. The predicted octanol–water partition coefficient (Wildman–Crippen LogP) is 4.72. The lowest BCUT2D eigenvalue weighted by Crippen LogP contribution is -1.87. The van der Waals surface area contributed by atoms with Crippen LogP contribution in [0.4, 0.5) is 5.69 Å². The third kappa shape index (κ3) is 5.48. The molecule has 0 fully saturated rings. The number of halogens is 3. The van der Waals surface area contributed by atoms with E-state index in [0.29, 0.717) is 21.6 Å². The van der Waals surface area contributed by atoms with Gasteiger partial charge in [-0.05, 0) is 40.2 Å². The van der Waals surface area contributed by atoms with Gasteiger partial charge in [0, 0.05) is 15.7 Å². The fraction of sp³-hybridized carbons (Fsp3) is 0.0833. The minimum absolute atomic E-state index is 0.502. The van der Waals surface area contributed by atoms with E-state index in [9.17, 15) is 0 Å². The fourth-order valence-corrected chi connectivity index (χ4v) is 2.28. The molecule has 0 bridgehead atoms. The molecule has 102 valence electrons. The van der Waals surface area contributed by atoms with E-state index in [1.165, 1.54) is 0 Å². The summed E-state index contributed by atoms with van der Waals surface area (Å²) < 4.78 is 5.79. The molecule has 2 N–H and O–H groups in total. The molecule has 1 heterocycles. The van der Waals surface area contributed by atoms with Crippen LogP contribution >= 0.6 is 51.8 Å². The molecule has 0 aliphatic carbocycles. The molecule has 0 saturated carbocycles. The first-order valence-electron chi connectivity index (χ1n) is 5.03. The van der Waals surface area contributed by atoms with Gasteiger partial charge in [-0.3, -0.25) is 0 Å². The van der Waals surface area contributed by atoms with Crippen LogP contribution in [-0.4, -0.2) is 12.1 Å². The zero-order chi connectivity index (χ0) is 14.4. The number of nitrogens with zero attached hydrogens (tertiary/aromatic N) is 1. The van der Waals surface area contributed by atoms with Crippen molar-refractivity contribution in [1.29, 1.82) is 0 Å². The zero-order valence-electron chi connectivity index (χ0n) is 9.90. The second-order valence-electron chi connectivity index (χ2n) is 3.35. The molecule has 0 aliphatic rings. The van der Waals surface area contributed by atoms with Crippen molar-refractivity contribution < 1.29 is 4.74 Å². The van der Waals surface area contributed by atoms with Crippen molar-refractivity contribution in [2.45, 2.75) is 4.90 Å². The number of ether oxygens (including phenoxy) is 1. The van der Waals surface area contributed by atoms with Gasteiger partial charge in [-0.1, -0.05) is 23.2 Å². The van der Waals surface area contributed by atoms with Crippen molar-refractivity contribution in [3.05, 3.63) is 45.0 Å². The Balaban J connectivity index is 0.000000191. The second kappa shape index (κ2) is 7.85. The summed E-state index contributed by atoms with van der Waals surface area (Å²) in [5.41, 5.74) is 5.95. The van der Waals surface area contributed by atoms with Crippen LogP contribution in [0.2, 0.25) is 10.0 Å². The highest BCUT2D eigenvalue weighted by Gasteiger charge is 1.98. The Bertz CT molecular complexity index is 569. The molecular formula is C12H11BrCl2N2OS. The molecule has 2 rings (SSSR count).